The standard InChI is InChI=1S/C21H19N5O3S2/c22-10-3-11-23-20(27)18(12-14-13-31-19-5-2-1-4-17(14)19)25-21(30)24-15-6-8-16(9-7-15)26(28)29/h1-2,4-9,13,18H,3,11-12H2,(H,23,27)(H2,24,25,30). The van der Waals surface area contributed by atoms with Crippen LogP contribution in [0.15, 0.2) is 53.9 Å². The van der Waals surface area contributed by atoms with E-state index >= 15 is 0 Å². The summed E-state index contributed by atoms with van der Waals surface area (Å²) < 4.78 is 1.13. The van der Waals surface area contributed by atoms with E-state index in [4.69, 9.17) is 17.5 Å². The third-order valence-corrected chi connectivity index (χ3v) is 5.71. The number of hydrogen-bond donors (Lipinski definition) is 3. The van der Waals surface area contributed by atoms with E-state index in [0.717, 1.165) is 15.6 Å². The number of anilines is 1. The van der Waals surface area contributed by atoms with Crippen molar-refractivity contribution in [1.29, 1.82) is 5.26 Å². The van der Waals surface area contributed by atoms with Gasteiger partial charge in [-0.1, -0.05) is 18.2 Å². The Balaban J connectivity index is 1.72. The molecule has 3 rings (SSSR count). The first-order valence-corrected chi connectivity index (χ1v) is 10.7. The van der Waals surface area contributed by atoms with Crippen molar-refractivity contribution < 1.29 is 9.72 Å². The van der Waals surface area contributed by atoms with E-state index < -0.39 is 11.0 Å². The van der Waals surface area contributed by atoms with Crippen molar-refractivity contribution in [2.75, 3.05) is 11.9 Å². The van der Waals surface area contributed by atoms with Gasteiger partial charge in [-0.15, -0.1) is 11.3 Å². The minimum atomic E-state index is -0.658. The average Bonchev–Trinajstić information content (AvgIpc) is 3.16. The normalized spacial score (nSPS) is 11.3. The first-order valence-electron chi connectivity index (χ1n) is 9.39. The maximum atomic E-state index is 12.7. The van der Waals surface area contributed by atoms with Crippen molar-refractivity contribution in [3.8, 4) is 6.07 Å². The van der Waals surface area contributed by atoms with Gasteiger partial charge in [-0.3, -0.25) is 14.9 Å². The second-order valence-corrected chi connectivity index (χ2v) is 7.93. The molecule has 0 aliphatic carbocycles. The van der Waals surface area contributed by atoms with E-state index in [-0.39, 0.29) is 29.7 Å². The number of rotatable bonds is 8. The first-order chi connectivity index (χ1) is 15.0. The molecule has 1 aromatic heterocycles. The fourth-order valence-electron chi connectivity index (χ4n) is 2.98. The molecular weight excluding hydrogens is 434 g/mol. The maximum Gasteiger partial charge on any atom is 0.269 e. The quantitative estimate of drug-likeness (QED) is 0.206. The van der Waals surface area contributed by atoms with Gasteiger partial charge in [0.2, 0.25) is 5.91 Å². The Labute approximate surface area is 188 Å². The highest BCUT2D eigenvalue weighted by Crippen LogP contribution is 2.26. The molecule has 1 atom stereocenters. The van der Waals surface area contributed by atoms with Crippen molar-refractivity contribution in [3.05, 3.63) is 69.6 Å². The van der Waals surface area contributed by atoms with Crippen molar-refractivity contribution in [3.63, 3.8) is 0 Å². The van der Waals surface area contributed by atoms with Crippen molar-refractivity contribution >= 4 is 56.0 Å². The van der Waals surface area contributed by atoms with Crippen molar-refractivity contribution in [2.24, 2.45) is 0 Å². The predicted octanol–water partition coefficient (Wildman–Crippen LogP) is 3.74. The minimum Gasteiger partial charge on any atom is -0.353 e. The number of hydrogen-bond acceptors (Lipinski definition) is 6. The third-order valence-electron chi connectivity index (χ3n) is 4.48. The summed E-state index contributed by atoms with van der Waals surface area (Å²) in [5.74, 6) is -0.265. The lowest BCUT2D eigenvalue weighted by molar-refractivity contribution is -0.384. The third kappa shape index (κ3) is 5.97. The lowest BCUT2D eigenvalue weighted by atomic mass is 10.0. The molecule has 8 nitrogen and oxygen atoms in total. The van der Waals surface area contributed by atoms with Crippen LogP contribution in [0.4, 0.5) is 11.4 Å². The SMILES string of the molecule is N#CCCNC(=O)C(Cc1csc2ccccc12)NC(=S)Nc1ccc([N+](=O)[O-])cc1. The lowest BCUT2D eigenvalue weighted by Gasteiger charge is -2.20. The summed E-state index contributed by atoms with van der Waals surface area (Å²) in [5, 5.41) is 31.6. The zero-order chi connectivity index (χ0) is 22.2. The smallest absolute Gasteiger partial charge is 0.269 e. The van der Waals surface area contributed by atoms with Crippen LogP contribution in [0.2, 0.25) is 0 Å². The number of nitro groups is 1. The molecule has 3 aromatic rings. The van der Waals surface area contributed by atoms with E-state index in [1.807, 2.05) is 35.7 Å². The molecule has 0 saturated heterocycles. The molecule has 0 aliphatic heterocycles. The van der Waals surface area contributed by atoms with E-state index in [9.17, 15) is 14.9 Å². The number of benzene rings is 2. The summed E-state index contributed by atoms with van der Waals surface area (Å²) in [7, 11) is 0. The van der Waals surface area contributed by atoms with Gasteiger partial charge in [-0.25, -0.2) is 0 Å². The van der Waals surface area contributed by atoms with Gasteiger partial charge in [0, 0.05) is 35.5 Å². The molecule has 0 spiro atoms. The van der Waals surface area contributed by atoms with E-state index in [2.05, 4.69) is 16.0 Å². The van der Waals surface area contributed by atoms with Crippen LogP contribution in [0.25, 0.3) is 10.1 Å². The van der Waals surface area contributed by atoms with E-state index in [1.54, 1.807) is 23.5 Å². The minimum absolute atomic E-state index is 0.0245. The summed E-state index contributed by atoms with van der Waals surface area (Å²) in [6.45, 7) is 0.250. The van der Waals surface area contributed by atoms with Crippen LogP contribution >= 0.6 is 23.6 Å². The van der Waals surface area contributed by atoms with Crippen LogP contribution in [0.5, 0.6) is 0 Å². The fourth-order valence-corrected chi connectivity index (χ4v) is 4.21. The van der Waals surface area contributed by atoms with Crippen LogP contribution in [-0.4, -0.2) is 28.5 Å². The van der Waals surface area contributed by atoms with Gasteiger partial charge >= 0.3 is 0 Å². The van der Waals surface area contributed by atoms with Crippen molar-refractivity contribution in [1.82, 2.24) is 10.6 Å². The van der Waals surface area contributed by atoms with Gasteiger partial charge in [-0.05, 0) is 46.7 Å². The summed E-state index contributed by atoms with van der Waals surface area (Å²) >= 11 is 6.97. The second-order valence-electron chi connectivity index (χ2n) is 6.62. The monoisotopic (exact) mass is 453 g/mol. The summed E-state index contributed by atoms with van der Waals surface area (Å²) in [4.78, 5) is 23.1. The highest BCUT2D eigenvalue weighted by molar-refractivity contribution is 7.80. The maximum absolute atomic E-state index is 12.7. The van der Waals surface area contributed by atoms with Gasteiger partial charge in [0.05, 0.1) is 17.4 Å². The van der Waals surface area contributed by atoms with E-state index in [1.165, 1.54) is 12.1 Å². The van der Waals surface area contributed by atoms with Gasteiger partial charge in [-0.2, -0.15) is 5.26 Å². The Hall–Kier alpha value is -3.55. The van der Waals surface area contributed by atoms with Gasteiger partial charge < -0.3 is 16.0 Å². The number of nitriles is 1. The number of thiophene rings is 1. The number of amides is 1. The van der Waals surface area contributed by atoms with E-state index in [0.29, 0.717) is 12.1 Å². The topological polar surface area (TPSA) is 120 Å². The molecule has 0 fully saturated rings. The predicted molar refractivity (Wildman–Crippen MR) is 125 cm³/mol. The number of non-ortho nitro benzene ring substituents is 1. The summed E-state index contributed by atoms with van der Waals surface area (Å²) in [6, 6.07) is 15.1. The molecule has 31 heavy (non-hydrogen) atoms. The number of carbonyl (C=O) groups is 1. The highest BCUT2D eigenvalue weighted by atomic mass is 32.1. The Morgan fingerprint density at radius 2 is 1.97 bits per heavy atom. The van der Waals surface area contributed by atoms with Crippen LogP contribution < -0.4 is 16.0 Å². The number of nitrogens with zero attached hydrogens (tertiary/aromatic N) is 2. The summed E-state index contributed by atoms with van der Waals surface area (Å²) in [5.41, 5.74) is 1.56. The van der Waals surface area contributed by atoms with Crippen LogP contribution in [0.3, 0.4) is 0 Å². The Kier molecular flexibility index (Phi) is 7.48. The molecule has 1 amide bonds. The molecule has 10 heteroatoms. The largest absolute Gasteiger partial charge is 0.353 e. The zero-order valence-corrected chi connectivity index (χ0v) is 18.0. The molecular formula is C21H19N5O3S2. The second kappa shape index (κ2) is 10.5. The lowest BCUT2D eigenvalue weighted by Crippen LogP contribution is -2.49. The van der Waals surface area contributed by atoms with Gasteiger partial charge in [0.1, 0.15) is 6.04 Å². The van der Waals surface area contributed by atoms with Crippen LogP contribution in [0.1, 0.15) is 12.0 Å². The first kappa shape index (κ1) is 22.1. The molecule has 158 valence electrons. The molecule has 3 N–H and O–H groups in total. The number of nitro benzene ring substituents is 1. The molecule has 0 aliphatic rings. The Bertz CT molecular complexity index is 1140. The fraction of sp³-hybridized carbons (Fsp3) is 0.190. The van der Waals surface area contributed by atoms with Gasteiger partial charge in [0.15, 0.2) is 5.11 Å². The molecule has 0 saturated carbocycles. The van der Waals surface area contributed by atoms with Crippen LogP contribution in [-0.2, 0) is 11.2 Å². The van der Waals surface area contributed by atoms with Gasteiger partial charge in [0.25, 0.3) is 5.69 Å². The zero-order valence-electron chi connectivity index (χ0n) is 16.3. The average molecular weight is 454 g/mol. The van der Waals surface area contributed by atoms with Crippen LogP contribution in [0, 0.1) is 21.4 Å². The number of thiocarbonyl (C=S) groups is 1. The Morgan fingerprint density at radius 1 is 1.23 bits per heavy atom. The molecule has 0 radical (unpaired) electrons. The van der Waals surface area contributed by atoms with Crippen molar-refractivity contribution in [2.45, 2.75) is 18.9 Å². The highest BCUT2D eigenvalue weighted by Gasteiger charge is 2.21. The molecule has 1 heterocycles. The Morgan fingerprint density at radius 3 is 2.68 bits per heavy atom. The molecule has 0 bridgehead atoms. The number of nitrogens with one attached hydrogen (secondary N) is 3. The number of fused-ring (bicyclic) bond motifs is 1. The molecule has 2 aromatic carbocycles. The molecule has 1 unspecified atom stereocenters. The summed E-state index contributed by atoms with van der Waals surface area (Å²) in [6.07, 6.45) is 0.621. The number of carbonyl (C=O) groups excluding carboxylic acids is 1.